The van der Waals surface area contributed by atoms with Crippen molar-refractivity contribution in [1.29, 1.82) is 0 Å². The Bertz CT molecular complexity index is 1670. The van der Waals surface area contributed by atoms with Crippen LogP contribution >= 0.6 is 11.8 Å². The minimum absolute atomic E-state index is 0.0635. The number of nitrogens with zero attached hydrogens (tertiary/aromatic N) is 2. The average Bonchev–Trinajstić information content (AvgIpc) is 3.56. The number of hydrogen-bond donors (Lipinski definition) is 2. The first kappa shape index (κ1) is 39.7. The number of thioether (sulfide) groups is 1. The highest BCUT2D eigenvalue weighted by atomic mass is 32.2. The number of rotatable bonds is 10. The Morgan fingerprint density at radius 3 is 2.40 bits per heavy atom. The Morgan fingerprint density at radius 1 is 0.982 bits per heavy atom. The molecule has 302 valence electrons. The standard InChI is InChI=1S/C48H71N3O3S/c1-32(2)36-12-19-48(50-24-25-51-26-28-55-29-27-51)21-20-46(7)39(42(36)48)9-8-38-41-33(3)30-40(44(4,5)37(41)13-16-45(38,46)6)34-10-17-47(18-11-34,43(52)53)31-54-35-14-22-49-23-15-35/h10,14-15,22-23,30,33,36-39,41-42,50H,1,8-9,11-13,16-21,24-29,31H2,2-7H3,(H,52,53)/t33-,36-,37+,38+,39+,41-,42+,45+,46+,47?,48-/m0/s1. The zero-order valence-electron chi connectivity index (χ0n) is 35.0. The minimum Gasteiger partial charge on any atom is -0.492 e. The Hall–Kier alpha value is -2.09. The number of pyridine rings is 1. The third kappa shape index (κ3) is 6.61. The van der Waals surface area contributed by atoms with Gasteiger partial charge in [-0.1, -0.05) is 58.9 Å². The summed E-state index contributed by atoms with van der Waals surface area (Å²) in [5.41, 5.74) is 4.45. The van der Waals surface area contributed by atoms with E-state index in [4.69, 9.17) is 4.74 Å². The Balaban J connectivity index is 1.02. The van der Waals surface area contributed by atoms with Gasteiger partial charge in [-0.05, 0) is 159 Å². The third-order valence-corrected chi connectivity index (χ3v) is 18.9. The van der Waals surface area contributed by atoms with Gasteiger partial charge >= 0.3 is 5.97 Å². The van der Waals surface area contributed by atoms with Gasteiger partial charge < -0.3 is 20.1 Å². The summed E-state index contributed by atoms with van der Waals surface area (Å²) in [5.74, 6) is 7.21. The lowest BCUT2D eigenvalue weighted by molar-refractivity contribution is -0.201. The van der Waals surface area contributed by atoms with E-state index < -0.39 is 11.4 Å². The van der Waals surface area contributed by atoms with Crippen molar-refractivity contribution in [3.8, 4) is 5.75 Å². The number of carbonyl (C=O) groups is 1. The summed E-state index contributed by atoms with van der Waals surface area (Å²) in [6.07, 6.45) is 20.9. The molecule has 0 radical (unpaired) electrons. The van der Waals surface area contributed by atoms with Crippen molar-refractivity contribution >= 4 is 17.7 Å². The largest absolute Gasteiger partial charge is 0.492 e. The van der Waals surface area contributed by atoms with E-state index in [1.807, 2.05) is 0 Å². The summed E-state index contributed by atoms with van der Waals surface area (Å²) in [6, 6.07) is 3.61. The summed E-state index contributed by atoms with van der Waals surface area (Å²) in [6.45, 7) is 25.1. The molecule has 6 aliphatic carbocycles. The lowest BCUT2D eigenvalue weighted by Crippen LogP contribution is -2.67. The van der Waals surface area contributed by atoms with Crippen molar-refractivity contribution in [2.45, 2.75) is 118 Å². The molecule has 1 aliphatic heterocycles. The number of aliphatic carboxylic acids is 1. The van der Waals surface area contributed by atoms with Crippen molar-refractivity contribution in [2.75, 3.05) is 44.3 Å². The topological polar surface area (TPSA) is 74.7 Å². The van der Waals surface area contributed by atoms with Crippen LogP contribution < -0.4 is 10.1 Å². The van der Waals surface area contributed by atoms with Crippen LogP contribution in [0.15, 0.2) is 60.0 Å². The second kappa shape index (κ2) is 14.9. The van der Waals surface area contributed by atoms with Crippen molar-refractivity contribution in [1.82, 2.24) is 15.2 Å². The van der Waals surface area contributed by atoms with Gasteiger partial charge in [0.2, 0.25) is 0 Å². The number of carboxylic acid groups (broad SMARTS) is 1. The van der Waals surface area contributed by atoms with E-state index in [0.29, 0.717) is 59.0 Å². The molecule has 2 N–H and O–H groups in total. The number of fused-ring (bicyclic) bond motifs is 7. The summed E-state index contributed by atoms with van der Waals surface area (Å²) in [5, 5.41) is 14.8. The van der Waals surface area contributed by atoms with E-state index in [9.17, 15) is 9.90 Å². The van der Waals surface area contributed by atoms with E-state index in [1.54, 1.807) is 24.5 Å². The summed E-state index contributed by atoms with van der Waals surface area (Å²) in [4.78, 5) is 19.5. The number of hydrogen-bond acceptors (Lipinski definition) is 6. The third-order valence-electron chi connectivity index (χ3n) is 18.0. The fourth-order valence-corrected chi connectivity index (χ4v) is 15.7. The van der Waals surface area contributed by atoms with Crippen molar-refractivity contribution < 1.29 is 14.6 Å². The number of allylic oxidation sites excluding steroid dienone is 5. The van der Waals surface area contributed by atoms with Crippen LogP contribution in [0.2, 0.25) is 0 Å². The molecular formula is C48H71N3O3S. The fourth-order valence-electron chi connectivity index (χ4n) is 14.7. The van der Waals surface area contributed by atoms with E-state index >= 15 is 0 Å². The molecule has 1 unspecified atom stereocenters. The molecule has 0 bridgehead atoms. The molecule has 1 aromatic heterocycles. The summed E-state index contributed by atoms with van der Waals surface area (Å²) < 4.78 is 6.04. The lowest BCUT2D eigenvalue weighted by atomic mass is 9.35. The molecule has 8 rings (SSSR count). The normalized spacial score (nSPS) is 42.5. The Kier molecular flexibility index (Phi) is 10.8. The summed E-state index contributed by atoms with van der Waals surface area (Å²) >= 11 is 2.11. The van der Waals surface area contributed by atoms with Crippen LogP contribution in [0.3, 0.4) is 0 Å². The van der Waals surface area contributed by atoms with Crippen LogP contribution in [-0.2, 0) is 4.79 Å². The van der Waals surface area contributed by atoms with E-state index in [0.717, 1.165) is 24.8 Å². The zero-order valence-corrected chi connectivity index (χ0v) is 35.8. The first-order chi connectivity index (χ1) is 26.2. The van der Waals surface area contributed by atoms with E-state index in [-0.39, 0.29) is 17.6 Å². The zero-order chi connectivity index (χ0) is 38.8. The quantitative estimate of drug-likeness (QED) is 0.230. The van der Waals surface area contributed by atoms with Crippen LogP contribution in [0.25, 0.3) is 0 Å². The van der Waals surface area contributed by atoms with Gasteiger partial charge in [-0.15, -0.1) is 0 Å². The molecule has 1 saturated heterocycles. The maximum Gasteiger partial charge on any atom is 0.313 e. The van der Waals surface area contributed by atoms with Gasteiger partial charge in [0.05, 0.1) is 0 Å². The fraction of sp³-hybridized carbons (Fsp3) is 0.750. The van der Waals surface area contributed by atoms with Gasteiger partial charge in [0.15, 0.2) is 0 Å². The number of nitrogens with one attached hydrogen (secondary N) is 1. The Morgan fingerprint density at radius 2 is 1.71 bits per heavy atom. The molecule has 5 fully saturated rings. The molecule has 1 aromatic rings. The first-order valence-electron chi connectivity index (χ1n) is 22.1. The maximum absolute atomic E-state index is 12.7. The van der Waals surface area contributed by atoms with Crippen molar-refractivity contribution in [3.05, 3.63) is 60.0 Å². The van der Waals surface area contributed by atoms with Crippen LogP contribution in [0, 0.1) is 63.1 Å². The summed E-state index contributed by atoms with van der Waals surface area (Å²) in [7, 11) is 0. The molecule has 6 nitrogen and oxygen atoms in total. The predicted molar refractivity (Wildman–Crippen MR) is 226 cm³/mol. The van der Waals surface area contributed by atoms with Gasteiger partial charge in [-0.2, -0.15) is 11.8 Å². The first-order valence-corrected chi connectivity index (χ1v) is 23.3. The monoisotopic (exact) mass is 770 g/mol. The molecule has 7 aliphatic rings. The minimum atomic E-state index is -0.900. The van der Waals surface area contributed by atoms with E-state index in [2.05, 4.69) is 87.2 Å². The molecule has 55 heavy (non-hydrogen) atoms. The maximum atomic E-state index is 12.7. The van der Waals surface area contributed by atoms with Gasteiger partial charge in [-0.3, -0.25) is 9.78 Å². The molecular weight excluding hydrogens is 699 g/mol. The SMILES string of the molecule is C=C(C)[C@@H]1CC[C@]2(NCCN3CCSCC3)CC[C@]3(C)[C@H](CC[C@@H]4[C@@H]5[C@@H](CC[C@]43C)C(C)(C)C(C3=CCC(COc4ccncc4)(C(=O)O)CC3)=C[C@@H]5C)[C@@H]12. The van der Waals surface area contributed by atoms with Gasteiger partial charge in [0, 0.05) is 55.6 Å². The molecule has 2 heterocycles. The highest BCUT2D eigenvalue weighted by molar-refractivity contribution is 7.99. The van der Waals surface area contributed by atoms with Gasteiger partial charge in [0.25, 0.3) is 0 Å². The highest BCUT2D eigenvalue weighted by Crippen LogP contribution is 2.74. The van der Waals surface area contributed by atoms with Crippen molar-refractivity contribution in [2.24, 2.45) is 63.1 Å². The second-order valence-corrected chi connectivity index (χ2v) is 21.8. The average molecular weight is 770 g/mol. The van der Waals surface area contributed by atoms with Gasteiger partial charge in [0.1, 0.15) is 17.8 Å². The second-order valence-electron chi connectivity index (χ2n) is 20.6. The molecule has 11 atom stereocenters. The van der Waals surface area contributed by atoms with Crippen LogP contribution in [0.1, 0.15) is 112 Å². The molecule has 4 saturated carbocycles. The Labute approximate surface area is 337 Å². The number of aromatic nitrogens is 1. The van der Waals surface area contributed by atoms with Crippen LogP contribution in [-0.4, -0.2) is 70.8 Å². The smallest absolute Gasteiger partial charge is 0.313 e. The molecule has 0 spiro atoms. The molecule has 0 aromatic carbocycles. The molecule has 7 heteroatoms. The van der Waals surface area contributed by atoms with Crippen LogP contribution in [0.4, 0.5) is 0 Å². The predicted octanol–water partition coefficient (Wildman–Crippen LogP) is 10.1. The van der Waals surface area contributed by atoms with Gasteiger partial charge in [-0.25, -0.2) is 0 Å². The number of ether oxygens (including phenoxy) is 1. The molecule has 0 amide bonds. The lowest BCUT2D eigenvalue weighted by Gasteiger charge is -2.70. The van der Waals surface area contributed by atoms with Crippen LogP contribution in [0.5, 0.6) is 5.75 Å². The van der Waals surface area contributed by atoms with Crippen molar-refractivity contribution in [3.63, 3.8) is 0 Å². The highest BCUT2D eigenvalue weighted by Gasteiger charge is 2.69. The van der Waals surface area contributed by atoms with E-state index in [1.165, 1.54) is 99.2 Å². The number of carboxylic acids is 1.